The summed E-state index contributed by atoms with van der Waals surface area (Å²) in [7, 11) is 2.04. The highest BCUT2D eigenvalue weighted by molar-refractivity contribution is 4.84. The number of hydrogen-bond acceptors (Lipinski definition) is 3. The van der Waals surface area contributed by atoms with Crippen LogP contribution in [0.3, 0.4) is 0 Å². The topological polar surface area (TPSA) is 18.5 Å². The zero-order chi connectivity index (χ0) is 10.5. The molecule has 0 bridgehead atoms. The molecule has 3 nitrogen and oxygen atoms in total. The van der Waals surface area contributed by atoms with Gasteiger partial charge in [0.1, 0.15) is 0 Å². The molecule has 2 saturated heterocycles. The molecular weight excluding hydrogens is 186 g/mol. The molecule has 2 fully saturated rings. The van der Waals surface area contributed by atoms with Gasteiger partial charge in [0.15, 0.2) is 0 Å². The van der Waals surface area contributed by atoms with E-state index in [0.29, 0.717) is 0 Å². The molecule has 0 radical (unpaired) electrons. The molecule has 0 aromatic carbocycles. The van der Waals surface area contributed by atoms with Crippen LogP contribution < -0.4 is 5.32 Å². The van der Waals surface area contributed by atoms with Crippen LogP contribution in [0, 0.1) is 0 Å². The monoisotopic (exact) mass is 211 g/mol. The van der Waals surface area contributed by atoms with E-state index in [1.165, 1.54) is 58.4 Å². The standard InChI is InChI=1S/C12H25N3/c1-13-6-3-7-14-8-4-10-15-9-2-5-12(15)11-14/h12-13H,2-11H2,1H3. The van der Waals surface area contributed by atoms with Gasteiger partial charge >= 0.3 is 0 Å². The zero-order valence-electron chi connectivity index (χ0n) is 10.0. The molecule has 1 N–H and O–H groups in total. The largest absolute Gasteiger partial charge is 0.320 e. The summed E-state index contributed by atoms with van der Waals surface area (Å²) in [4.78, 5) is 5.38. The van der Waals surface area contributed by atoms with Crippen molar-refractivity contribution in [3.63, 3.8) is 0 Å². The summed E-state index contributed by atoms with van der Waals surface area (Å²) in [6.45, 7) is 7.78. The van der Waals surface area contributed by atoms with E-state index in [1.807, 2.05) is 7.05 Å². The fourth-order valence-corrected chi connectivity index (χ4v) is 2.97. The molecule has 88 valence electrons. The highest BCUT2D eigenvalue weighted by atomic mass is 15.3. The van der Waals surface area contributed by atoms with E-state index in [9.17, 15) is 0 Å². The molecule has 0 aromatic rings. The third kappa shape index (κ3) is 3.16. The normalized spacial score (nSPS) is 29.0. The van der Waals surface area contributed by atoms with Gasteiger partial charge in [0.2, 0.25) is 0 Å². The summed E-state index contributed by atoms with van der Waals surface area (Å²) in [5.74, 6) is 0. The molecule has 2 heterocycles. The Morgan fingerprint density at radius 1 is 1.20 bits per heavy atom. The van der Waals surface area contributed by atoms with Crippen molar-refractivity contribution in [3.8, 4) is 0 Å². The summed E-state index contributed by atoms with van der Waals surface area (Å²) in [5.41, 5.74) is 0. The maximum Gasteiger partial charge on any atom is 0.0223 e. The number of hydrogen-bond donors (Lipinski definition) is 1. The quantitative estimate of drug-likeness (QED) is 0.693. The number of fused-ring (bicyclic) bond motifs is 1. The van der Waals surface area contributed by atoms with Gasteiger partial charge in [0.25, 0.3) is 0 Å². The van der Waals surface area contributed by atoms with Crippen LogP contribution in [0.25, 0.3) is 0 Å². The predicted octanol–water partition coefficient (Wildman–Crippen LogP) is 0.766. The molecular formula is C12H25N3. The van der Waals surface area contributed by atoms with Crippen LogP contribution in [0.15, 0.2) is 0 Å². The van der Waals surface area contributed by atoms with Gasteiger partial charge < -0.3 is 10.2 Å². The first-order chi connectivity index (χ1) is 7.40. The van der Waals surface area contributed by atoms with Crippen LogP contribution in [0.1, 0.15) is 25.7 Å². The first kappa shape index (κ1) is 11.4. The van der Waals surface area contributed by atoms with Crippen LogP contribution in [-0.4, -0.2) is 62.2 Å². The van der Waals surface area contributed by atoms with Crippen LogP contribution in [-0.2, 0) is 0 Å². The smallest absolute Gasteiger partial charge is 0.0223 e. The molecule has 2 aliphatic rings. The molecule has 3 heteroatoms. The van der Waals surface area contributed by atoms with Gasteiger partial charge in [-0.05, 0) is 65.5 Å². The van der Waals surface area contributed by atoms with Crippen LogP contribution >= 0.6 is 0 Å². The van der Waals surface area contributed by atoms with Gasteiger partial charge in [-0.25, -0.2) is 0 Å². The summed E-state index contributed by atoms with van der Waals surface area (Å²) >= 11 is 0. The highest BCUT2D eigenvalue weighted by Gasteiger charge is 2.28. The minimum absolute atomic E-state index is 0.877. The first-order valence-corrected chi connectivity index (χ1v) is 6.51. The van der Waals surface area contributed by atoms with Gasteiger partial charge in [-0.1, -0.05) is 0 Å². The Morgan fingerprint density at radius 2 is 2.07 bits per heavy atom. The first-order valence-electron chi connectivity index (χ1n) is 6.51. The van der Waals surface area contributed by atoms with E-state index >= 15 is 0 Å². The lowest BCUT2D eigenvalue weighted by atomic mass is 10.2. The van der Waals surface area contributed by atoms with Crippen molar-refractivity contribution in [3.05, 3.63) is 0 Å². The summed E-state index contributed by atoms with van der Waals surface area (Å²) in [5, 5.41) is 3.23. The Hall–Kier alpha value is -0.120. The Balaban J connectivity index is 1.75. The minimum atomic E-state index is 0.877. The maximum atomic E-state index is 3.23. The lowest BCUT2D eigenvalue weighted by Gasteiger charge is -2.25. The molecule has 0 aromatic heterocycles. The van der Waals surface area contributed by atoms with Gasteiger partial charge in [-0.3, -0.25) is 4.90 Å². The van der Waals surface area contributed by atoms with E-state index in [4.69, 9.17) is 0 Å². The highest BCUT2D eigenvalue weighted by Crippen LogP contribution is 2.21. The fraction of sp³-hybridized carbons (Fsp3) is 1.00. The second-order valence-electron chi connectivity index (χ2n) is 4.94. The van der Waals surface area contributed by atoms with Gasteiger partial charge in [-0.15, -0.1) is 0 Å². The lowest BCUT2D eigenvalue weighted by Crippen LogP contribution is -2.37. The average Bonchev–Trinajstić information content (AvgIpc) is 2.58. The third-order valence-corrected chi connectivity index (χ3v) is 3.79. The molecule has 0 saturated carbocycles. The van der Waals surface area contributed by atoms with Gasteiger partial charge in [0.05, 0.1) is 0 Å². The maximum absolute atomic E-state index is 3.23. The van der Waals surface area contributed by atoms with Crippen molar-refractivity contribution in [1.29, 1.82) is 0 Å². The Kier molecular flexibility index (Phi) is 4.42. The molecule has 1 atom stereocenters. The van der Waals surface area contributed by atoms with Crippen molar-refractivity contribution in [2.75, 3.05) is 46.3 Å². The van der Waals surface area contributed by atoms with Gasteiger partial charge in [-0.2, -0.15) is 0 Å². The van der Waals surface area contributed by atoms with E-state index in [1.54, 1.807) is 0 Å². The molecule has 0 spiro atoms. The molecule has 1 unspecified atom stereocenters. The third-order valence-electron chi connectivity index (χ3n) is 3.79. The Labute approximate surface area is 93.8 Å². The van der Waals surface area contributed by atoms with Crippen LogP contribution in [0.4, 0.5) is 0 Å². The SMILES string of the molecule is CNCCCN1CCCN2CCCC2C1. The summed E-state index contributed by atoms with van der Waals surface area (Å²) in [6.07, 6.45) is 5.52. The van der Waals surface area contributed by atoms with E-state index in [0.717, 1.165) is 12.6 Å². The van der Waals surface area contributed by atoms with Gasteiger partial charge in [0, 0.05) is 12.6 Å². The number of nitrogens with zero attached hydrogens (tertiary/aromatic N) is 2. The molecule has 0 aliphatic carbocycles. The molecule has 15 heavy (non-hydrogen) atoms. The number of rotatable bonds is 4. The van der Waals surface area contributed by atoms with Crippen LogP contribution in [0.5, 0.6) is 0 Å². The second kappa shape index (κ2) is 5.83. The van der Waals surface area contributed by atoms with E-state index in [2.05, 4.69) is 15.1 Å². The number of nitrogens with one attached hydrogen (secondary N) is 1. The molecule has 0 amide bonds. The Bertz CT molecular complexity index is 184. The average molecular weight is 211 g/mol. The van der Waals surface area contributed by atoms with Crippen molar-refractivity contribution in [1.82, 2.24) is 15.1 Å². The molecule has 2 aliphatic heterocycles. The fourth-order valence-electron chi connectivity index (χ4n) is 2.97. The van der Waals surface area contributed by atoms with E-state index < -0.39 is 0 Å². The summed E-state index contributed by atoms with van der Waals surface area (Å²) in [6, 6.07) is 0.877. The second-order valence-corrected chi connectivity index (χ2v) is 4.94. The zero-order valence-corrected chi connectivity index (χ0v) is 10.0. The van der Waals surface area contributed by atoms with Crippen molar-refractivity contribution >= 4 is 0 Å². The predicted molar refractivity (Wildman–Crippen MR) is 64.2 cm³/mol. The van der Waals surface area contributed by atoms with Crippen molar-refractivity contribution < 1.29 is 0 Å². The molecule has 2 rings (SSSR count). The Morgan fingerprint density at radius 3 is 2.93 bits per heavy atom. The van der Waals surface area contributed by atoms with Crippen molar-refractivity contribution in [2.45, 2.75) is 31.7 Å². The van der Waals surface area contributed by atoms with E-state index in [-0.39, 0.29) is 0 Å². The minimum Gasteiger partial charge on any atom is -0.320 e. The van der Waals surface area contributed by atoms with Crippen LogP contribution in [0.2, 0.25) is 0 Å². The van der Waals surface area contributed by atoms with Crippen molar-refractivity contribution in [2.24, 2.45) is 0 Å². The summed E-state index contributed by atoms with van der Waals surface area (Å²) < 4.78 is 0. The lowest BCUT2D eigenvalue weighted by molar-refractivity contribution is 0.219.